The van der Waals surface area contributed by atoms with Crippen LogP contribution in [-0.2, 0) is 11.2 Å². The standard InChI is InChI=1S/C9H8Cl3NO3/c10-9(11,12)6-16-8(14)13-4-3-7-2-1-5-15-7/h1-2,4-5H,3,6H2. The van der Waals surface area contributed by atoms with Gasteiger partial charge in [0.25, 0.3) is 0 Å². The molecule has 4 nitrogen and oxygen atoms in total. The second-order valence-electron chi connectivity index (χ2n) is 2.76. The van der Waals surface area contributed by atoms with E-state index in [2.05, 4.69) is 9.73 Å². The first-order chi connectivity index (χ1) is 7.47. The van der Waals surface area contributed by atoms with Crippen molar-refractivity contribution < 1.29 is 13.9 Å². The van der Waals surface area contributed by atoms with E-state index in [1.807, 2.05) is 0 Å². The van der Waals surface area contributed by atoms with Gasteiger partial charge in [-0.3, -0.25) is 0 Å². The first-order valence-electron chi connectivity index (χ1n) is 4.26. The van der Waals surface area contributed by atoms with Gasteiger partial charge in [-0.2, -0.15) is 4.99 Å². The predicted molar refractivity (Wildman–Crippen MR) is 62.5 cm³/mol. The Morgan fingerprint density at radius 1 is 1.56 bits per heavy atom. The fourth-order valence-electron chi connectivity index (χ4n) is 0.820. The minimum Gasteiger partial charge on any atom is -0.469 e. The van der Waals surface area contributed by atoms with Crippen molar-refractivity contribution in [2.24, 2.45) is 4.99 Å². The van der Waals surface area contributed by atoms with Gasteiger partial charge in [0.1, 0.15) is 12.4 Å². The smallest absolute Gasteiger partial charge is 0.433 e. The number of carbonyl (C=O) groups excluding carboxylic acids is 1. The Balaban J connectivity index is 2.26. The van der Waals surface area contributed by atoms with Crippen LogP contribution in [0.4, 0.5) is 4.79 Å². The van der Waals surface area contributed by atoms with Crippen LogP contribution in [-0.4, -0.2) is 22.7 Å². The first-order valence-corrected chi connectivity index (χ1v) is 5.39. The van der Waals surface area contributed by atoms with Crippen molar-refractivity contribution in [3.05, 3.63) is 24.2 Å². The van der Waals surface area contributed by atoms with E-state index in [0.29, 0.717) is 12.2 Å². The van der Waals surface area contributed by atoms with Gasteiger partial charge in [0.05, 0.1) is 6.26 Å². The van der Waals surface area contributed by atoms with Gasteiger partial charge in [0, 0.05) is 12.6 Å². The molecule has 0 radical (unpaired) electrons. The first kappa shape index (κ1) is 13.4. The molecule has 1 amide bonds. The molecule has 0 N–H and O–H groups in total. The van der Waals surface area contributed by atoms with Crippen LogP contribution in [0.5, 0.6) is 0 Å². The number of hydrogen-bond donors (Lipinski definition) is 0. The Bertz CT molecular complexity index is 357. The highest BCUT2D eigenvalue weighted by Gasteiger charge is 2.21. The summed E-state index contributed by atoms with van der Waals surface area (Å²) >= 11 is 16.1. The summed E-state index contributed by atoms with van der Waals surface area (Å²) in [5.74, 6) is 0.693. The van der Waals surface area contributed by atoms with Crippen molar-refractivity contribution in [3.8, 4) is 0 Å². The molecule has 0 saturated carbocycles. The van der Waals surface area contributed by atoms with E-state index in [9.17, 15) is 4.79 Å². The minimum absolute atomic E-state index is 0.339. The van der Waals surface area contributed by atoms with Crippen molar-refractivity contribution in [1.82, 2.24) is 0 Å². The highest BCUT2D eigenvalue weighted by molar-refractivity contribution is 6.67. The number of halogens is 3. The average molecular weight is 285 g/mol. The molecule has 1 aromatic rings. The summed E-state index contributed by atoms with van der Waals surface area (Å²) in [6.07, 6.45) is 2.48. The topological polar surface area (TPSA) is 51.8 Å². The van der Waals surface area contributed by atoms with Gasteiger partial charge in [-0.05, 0) is 12.1 Å². The molecule has 0 aliphatic carbocycles. The third-order valence-electron chi connectivity index (χ3n) is 1.43. The number of rotatable bonds is 3. The Morgan fingerprint density at radius 2 is 2.31 bits per heavy atom. The number of amides is 1. The number of alkyl halides is 3. The Labute approximate surface area is 107 Å². The third kappa shape index (κ3) is 6.00. The highest BCUT2D eigenvalue weighted by atomic mass is 35.6. The molecule has 1 aromatic heterocycles. The van der Waals surface area contributed by atoms with Gasteiger partial charge in [0.15, 0.2) is 0 Å². The van der Waals surface area contributed by atoms with E-state index in [0.717, 1.165) is 0 Å². The van der Waals surface area contributed by atoms with E-state index >= 15 is 0 Å². The van der Waals surface area contributed by atoms with Crippen LogP contribution in [0.15, 0.2) is 27.8 Å². The molecule has 0 aliphatic rings. The van der Waals surface area contributed by atoms with Crippen LogP contribution in [0.2, 0.25) is 0 Å². The normalized spacial score (nSPS) is 11.9. The maximum Gasteiger partial charge on any atom is 0.433 e. The zero-order valence-electron chi connectivity index (χ0n) is 8.03. The van der Waals surface area contributed by atoms with Crippen LogP contribution >= 0.6 is 34.8 Å². The van der Waals surface area contributed by atoms with Crippen molar-refractivity contribution in [3.63, 3.8) is 0 Å². The Morgan fingerprint density at radius 3 is 2.88 bits per heavy atom. The molecular formula is C9H8Cl3NO3. The van der Waals surface area contributed by atoms with Gasteiger partial charge in [-0.1, -0.05) is 34.8 Å². The number of hydrogen-bond acceptors (Lipinski definition) is 3. The summed E-state index contributed by atoms with van der Waals surface area (Å²) in [5.41, 5.74) is 0. The van der Waals surface area contributed by atoms with E-state index in [1.54, 1.807) is 12.1 Å². The number of ether oxygens (including phenoxy) is 1. The van der Waals surface area contributed by atoms with Crippen molar-refractivity contribution in [2.45, 2.75) is 10.2 Å². The van der Waals surface area contributed by atoms with E-state index in [-0.39, 0.29) is 6.61 Å². The summed E-state index contributed by atoms with van der Waals surface area (Å²) in [5, 5.41) is 0. The zero-order valence-corrected chi connectivity index (χ0v) is 10.3. The number of carbonyl (C=O) groups is 1. The van der Waals surface area contributed by atoms with Gasteiger partial charge in [0.2, 0.25) is 3.79 Å². The lowest BCUT2D eigenvalue weighted by Crippen LogP contribution is -2.15. The molecule has 0 aliphatic heterocycles. The summed E-state index contributed by atoms with van der Waals surface area (Å²) in [4.78, 5) is 14.5. The summed E-state index contributed by atoms with van der Waals surface area (Å²) in [6.45, 7) is -0.339. The zero-order chi connectivity index (χ0) is 12.0. The molecule has 88 valence electrons. The molecule has 0 aromatic carbocycles. The fourth-order valence-corrected chi connectivity index (χ4v) is 0.983. The SMILES string of the molecule is O=C(N=CCc1ccco1)OCC(Cl)(Cl)Cl. The Kier molecular flexibility index (Phi) is 5.12. The van der Waals surface area contributed by atoms with Gasteiger partial charge >= 0.3 is 6.09 Å². The monoisotopic (exact) mass is 283 g/mol. The molecule has 0 unspecified atom stereocenters. The molecule has 0 saturated heterocycles. The van der Waals surface area contributed by atoms with E-state index in [1.165, 1.54) is 12.5 Å². The lowest BCUT2D eigenvalue weighted by molar-refractivity contribution is 0.159. The molecule has 16 heavy (non-hydrogen) atoms. The quantitative estimate of drug-likeness (QED) is 0.631. The fraction of sp³-hybridized carbons (Fsp3) is 0.333. The average Bonchev–Trinajstić information content (AvgIpc) is 2.66. The van der Waals surface area contributed by atoms with Crippen LogP contribution in [0.25, 0.3) is 0 Å². The molecule has 0 fully saturated rings. The molecule has 0 bridgehead atoms. The van der Waals surface area contributed by atoms with Crippen molar-refractivity contribution in [1.29, 1.82) is 0 Å². The van der Waals surface area contributed by atoms with E-state index < -0.39 is 9.89 Å². The van der Waals surface area contributed by atoms with E-state index in [4.69, 9.17) is 39.2 Å². The molecule has 1 heterocycles. The lowest BCUT2D eigenvalue weighted by atomic mass is 10.3. The molecule has 0 spiro atoms. The molecule has 0 atom stereocenters. The molecule has 7 heteroatoms. The Hall–Kier alpha value is -0.710. The van der Waals surface area contributed by atoms with Crippen LogP contribution in [0.3, 0.4) is 0 Å². The summed E-state index contributed by atoms with van der Waals surface area (Å²) in [7, 11) is 0. The van der Waals surface area contributed by atoms with Gasteiger partial charge < -0.3 is 9.15 Å². The van der Waals surface area contributed by atoms with Crippen LogP contribution < -0.4 is 0 Å². The second-order valence-corrected chi connectivity index (χ2v) is 5.28. The number of nitrogens with zero attached hydrogens (tertiary/aromatic N) is 1. The summed E-state index contributed by atoms with van der Waals surface area (Å²) < 4.78 is 7.97. The maximum atomic E-state index is 11.0. The molecule has 1 rings (SSSR count). The predicted octanol–water partition coefficient (Wildman–Crippen LogP) is 3.40. The van der Waals surface area contributed by atoms with Crippen LogP contribution in [0.1, 0.15) is 5.76 Å². The van der Waals surface area contributed by atoms with Gasteiger partial charge in [-0.25, -0.2) is 4.79 Å². The summed E-state index contributed by atoms with van der Waals surface area (Å²) in [6, 6.07) is 3.50. The van der Waals surface area contributed by atoms with Crippen molar-refractivity contribution >= 4 is 47.1 Å². The second kappa shape index (κ2) is 6.13. The minimum atomic E-state index is -1.62. The highest BCUT2D eigenvalue weighted by Crippen LogP contribution is 2.25. The maximum absolute atomic E-state index is 11.0. The number of furan rings is 1. The third-order valence-corrected chi connectivity index (χ3v) is 1.76. The van der Waals surface area contributed by atoms with Gasteiger partial charge in [-0.15, -0.1) is 0 Å². The number of aliphatic imine (C=N–C) groups is 1. The van der Waals surface area contributed by atoms with Crippen LogP contribution in [0, 0.1) is 0 Å². The van der Waals surface area contributed by atoms with Crippen molar-refractivity contribution in [2.75, 3.05) is 6.61 Å². The molecular weight excluding hydrogens is 276 g/mol. The largest absolute Gasteiger partial charge is 0.469 e. The lowest BCUT2D eigenvalue weighted by Gasteiger charge is -2.08.